The van der Waals surface area contributed by atoms with E-state index in [0.29, 0.717) is 13.2 Å². The Hall–Kier alpha value is -2.64. The summed E-state index contributed by atoms with van der Waals surface area (Å²) in [6.45, 7) is 3.61. The number of ether oxygens (including phenoxy) is 1. The normalized spacial score (nSPS) is 17.2. The third-order valence-corrected chi connectivity index (χ3v) is 4.59. The Labute approximate surface area is 152 Å². The van der Waals surface area contributed by atoms with Crippen LogP contribution in [0.2, 0.25) is 0 Å². The predicted octanol–water partition coefficient (Wildman–Crippen LogP) is 1.92. The minimum absolute atomic E-state index is 0.228. The zero-order valence-electron chi connectivity index (χ0n) is 14.8. The quantitative estimate of drug-likeness (QED) is 0.677. The maximum atomic E-state index is 5.97. The molecule has 0 aliphatic carbocycles. The van der Waals surface area contributed by atoms with Gasteiger partial charge in [-0.3, -0.25) is 19.5 Å². The average Bonchev–Trinajstić information content (AvgIpc) is 3.04. The van der Waals surface area contributed by atoms with E-state index >= 15 is 0 Å². The van der Waals surface area contributed by atoms with E-state index in [9.17, 15) is 0 Å². The summed E-state index contributed by atoms with van der Waals surface area (Å²) in [7, 11) is 1.95. The number of hydrogen-bond donors (Lipinski definition) is 0. The van der Waals surface area contributed by atoms with Crippen LogP contribution >= 0.6 is 0 Å². The Balaban J connectivity index is 1.44. The van der Waals surface area contributed by atoms with Crippen LogP contribution < -0.4 is 0 Å². The van der Waals surface area contributed by atoms with E-state index < -0.39 is 0 Å². The van der Waals surface area contributed by atoms with E-state index in [0.717, 1.165) is 36.7 Å². The third kappa shape index (κ3) is 3.79. The molecule has 0 amide bonds. The number of fused-ring (bicyclic) bond motifs is 1. The molecule has 4 heterocycles. The lowest BCUT2D eigenvalue weighted by molar-refractivity contribution is 0.0809. The minimum atomic E-state index is 0.228. The molecule has 0 saturated carbocycles. The second-order valence-corrected chi connectivity index (χ2v) is 6.57. The lowest BCUT2D eigenvalue weighted by Gasteiger charge is -2.31. The summed E-state index contributed by atoms with van der Waals surface area (Å²) in [5, 5.41) is 8.56. The van der Waals surface area contributed by atoms with Crippen molar-refractivity contribution < 1.29 is 4.74 Å². The topological polar surface area (TPSA) is 69.0 Å². The van der Waals surface area contributed by atoms with E-state index in [2.05, 4.69) is 31.2 Å². The first kappa shape index (κ1) is 16.8. The van der Waals surface area contributed by atoms with Crippen molar-refractivity contribution in [2.45, 2.75) is 25.6 Å². The lowest BCUT2D eigenvalue weighted by atomic mass is 9.99. The van der Waals surface area contributed by atoms with Crippen LogP contribution in [-0.4, -0.2) is 43.0 Å². The molecule has 0 fully saturated rings. The zero-order valence-corrected chi connectivity index (χ0v) is 14.8. The molecule has 1 atom stereocenters. The Kier molecular flexibility index (Phi) is 4.99. The number of aryl methyl sites for hydroxylation is 1. The van der Waals surface area contributed by atoms with Crippen molar-refractivity contribution in [2.75, 3.05) is 13.2 Å². The van der Waals surface area contributed by atoms with Crippen molar-refractivity contribution in [1.82, 2.24) is 29.9 Å². The van der Waals surface area contributed by atoms with Gasteiger partial charge in [-0.15, -0.1) is 5.10 Å². The van der Waals surface area contributed by atoms with Gasteiger partial charge in [-0.05, 0) is 24.3 Å². The Bertz CT molecular complexity index is 836. The molecule has 0 spiro atoms. The van der Waals surface area contributed by atoms with Gasteiger partial charge in [0.1, 0.15) is 5.69 Å². The van der Waals surface area contributed by atoms with Gasteiger partial charge in [-0.25, -0.2) is 0 Å². The molecule has 0 aromatic carbocycles. The van der Waals surface area contributed by atoms with E-state index in [1.807, 2.05) is 48.3 Å². The molecule has 3 aromatic rings. The Morgan fingerprint density at radius 3 is 2.58 bits per heavy atom. The summed E-state index contributed by atoms with van der Waals surface area (Å²) in [6, 6.07) is 11.9. The van der Waals surface area contributed by atoms with Gasteiger partial charge >= 0.3 is 0 Å². The maximum absolute atomic E-state index is 5.97. The highest BCUT2D eigenvalue weighted by atomic mass is 16.5. The van der Waals surface area contributed by atoms with E-state index in [1.54, 1.807) is 6.20 Å². The molecule has 7 nitrogen and oxygen atoms in total. The summed E-state index contributed by atoms with van der Waals surface area (Å²) in [6.07, 6.45) is 3.62. The molecule has 0 N–H and O–H groups in total. The summed E-state index contributed by atoms with van der Waals surface area (Å²) in [5.74, 6) is 0.228. The molecule has 7 heteroatoms. The smallest absolute Gasteiger partial charge is 0.100 e. The van der Waals surface area contributed by atoms with Crippen molar-refractivity contribution in [3.05, 3.63) is 71.6 Å². The molecule has 0 bridgehead atoms. The molecule has 4 rings (SSSR count). The molecular weight excluding hydrogens is 328 g/mol. The highest BCUT2D eigenvalue weighted by Gasteiger charge is 2.30. The van der Waals surface area contributed by atoms with Crippen molar-refractivity contribution >= 4 is 0 Å². The first-order valence-corrected chi connectivity index (χ1v) is 8.78. The second kappa shape index (κ2) is 7.72. The fraction of sp³-hybridized carbons (Fsp3) is 0.368. The number of aromatic nitrogens is 5. The summed E-state index contributed by atoms with van der Waals surface area (Å²) in [5.41, 5.74) is 4.20. The maximum Gasteiger partial charge on any atom is 0.100 e. The molecular formula is C19H22N6O. The predicted molar refractivity (Wildman–Crippen MR) is 96.0 cm³/mol. The molecule has 1 aliphatic rings. The van der Waals surface area contributed by atoms with Gasteiger partial charge in [-0.2, -0.15) is 0 Å². The minimum Gasteiger partial charge on any atom is -0.374 e. The highest BCUT2D eigenvalue weighted by Crippen LogP contribution is 2.27. The largest absolute Gasteiger partial charge is 0.374 e. The molecule has 0 radical (unpaired) electrons. The van der Waals surface area contributed by atoms with E-state index in [4.69, 9.17) is 4.74 Å². The van der Waals surface area contributed by atoms with Crippen molar-refractivity contribution in [3.8, 4) is 0 Å². The molecule has 1 aliphatic heterocycles. The average molecular weight is 350 g/mol. The van der Waals surface area contributed by atoms with Gasteiger partial charge in [0.05, 0.1) is 30.3 Å². The van der Waals surface area contributed by atoms with Gasteiger partial charge in [-0.1, -0.05) is 17.3 Å². The molecule has 26 heavy (non-hydrogen) atoms. The van der Waals surface area contributed by atoms with Crippen LogP contribution in [-0.2, 0) is 31.5 Å². The lowest BCUT2D eigenvalue weighted by Crippen LogP contribution is -2.36. The summed E-state index contributed by atoms with van der Waals surface area (Å²) < 4.78 is 7.84. The number of rotatable bonds is 6. The van der Waals surface area contributed by atoms with Gasteiger partial charge < -0.3 is 4.74 Å². The van der Waals surface area contributed by atoms with E-state index in [1.165, 1.54) is 5.69 Å². The number of hydrogen-bond acceptors (Lipinski definition) is 6. The fourth-order valence-electron chi connectivity index (χ4n) is 3.46. The first-order valence-electron chi connectivity index (χ1n) is 8.78. The van der Waals surface area contributed by atoms with Crippen LogP contribution in [0.4, 0.5) is 0 Å². The monoisotopic (exact) mass is 350 g/mol. The van der Waals surface area contributed by atoms with E-state index in [-0.39, 0.29) is 5.92 Å². The first-order chi connectivity index (χ1) is 12.8. The van der Waals surface area contributed by atoms with Crippen LogP contribution in [0.15, 0.2) is 48.8 Å². The Morgan fingerprint density at radius 2 is 1.85 bits per heavy atom. The van der Waals surface area contributed by atoms with Crippen molar-refractivity contribution in [1.29, 1.82) is 0 Å². The van der Waals surface area contributed by atoms with Crippen molar-refractivity contribution in [3.63, 3.8) is 0 Å². The highest BCUT2D eigenvalue weighted by molar-refractivity contribution is 5.20. The van der Waals surface area contributed by atoms with Gasteiger partial charge in [0, 0.05) is 45.0 Å². The fourth-order valence-corrected chi connectivity index (χ4v) is 3.46. The second-order valence-electron chi connectivity index (χ2n) is 6.57. The van der Waals surface area contributed by atoms with Crippen LogP contribution in [0.5, 0.6) is 0 Å². The molecule has 0 unspecified atom stereocenters. The number of nitrogens with zero attached hydrogens (tertiary/aromatic N) is 6. The standard InChI is InChI=1S/C19H22N6O/c1-24-19-15(13-26-14-17-7-3-5-9-21-17)10-25(12-18(19)22-23-24)11-16-6-2-4-8-20-16/h2-9,15H,10-14H2,1H3/t15-/m1/s1. The Morgan fingerprint density at radius 1 is 1.08 bits per heavy atom. The molecule has 0 saturated heterocycles. The molecule has 3 aromatic heterocycles. The van der Waals surface area contributed by atoms with Crippen LogP contribution in [0, 0.1) is 0 Å². The number of pyridine rings is 2. The summed E-state index contributed by atoms with van der Waals surface area (Å²) >= 11 is 0. The molecule has 134 valence electrons. The van der Waals surface area contributed by atoms with Gasteiger partial charge in [0.2, 0.25) is 0 Å². The van der Waals surface area contributed by atoms with Gasteiger partial charge in [0.15, 0.2) is 0 Å². The third-order valence-electron chi connectivity index (χ3n) is 4.59. The van der Waals surface area contributed by atoms with Crippen LogP contribution in [0.25, 0.3) is 0 Å². The zero-order chi connectivity index (χ0) is 17.8. The van der Waals surface area contributed by atoms with Crippen LogP contribution in [0.3, 0.4) is 0 Å². The van der Waals surface area contributed by atoms with Crippen LogP contribution in [0.1, 0.15) is 28.7 Å². The SMILES string of the molecule is Cn1nnc2c1[C@@H](COCc1ccccn1)CN(Cc1ccccn1)C2. The van der Waals surface area contributed by atoms with Gasteiger partial charge in [0.25, 0.3) is 0 Å². The van der Waals surface area contributed by atoms with Crippen molar-refractivity contribution in [2.24, 2.45) is 7.05 Å². The summed E-state index contributed by atoms with van der Waals surface area (Å²) in [4.78, 5) is 11.1.